The van der Waals surface area contributed by atoms with E-state index in [1.54, 1.807) is 6.07 Å². The SMILES string of the molecule is CCc1oc(C(=O)NC2(C(=O)O)CCC2)cc1C. The van der Waals surface area contributed by atoms with E-state index >= 15 is 0 Å². The molecule has 0 spiro atoms. The van der Waals surface area contributed by atoms with Crippen LogP contribution in [0.4, 0.5) is 0 Å². The predicted octanol–water partition coefficient (Wildman–Crippen LogP) is 1.89. The molecule has 2 rings (SSSR count). The number of furan rings is 1. The van der Waals surface area contributed by atoms with Crippen LogP contribution in [0.1, 0.15) is 48.1 Å². The number of nitrogens with one attached hydrogen (secondary N) is 1. The molecule has 0 bridgehead atoms. The molecular weight excluding hydrogens is 234 g/mol. The van der Waals surface area contributed by atoms with Gasteiger partial charge in [-0.05, 0) is 37.8 Å². The Morgan fingerprint density at radius 1 is 1.50 bits per heavy atom. The number of carboxylic acids is 1. The van der Waals surface area contributed by atoms with Crippen LogP contribution in [0.2, 0.25) is 0 Å². The van der Waals surface area contributed by atoms with E-state index in [4.69, 9.17) is 9.52 Å². The number of carbonyl (C=O) groups is 2. The Morgan fingerprint density at radius 3 is 2.56 bits per heavy atom. The monoisotopic (exact) mass is 251 g/mol. The minimum absolute atomic E-state index is 0.192. The molecule has 0 saturated heterocycles. The molecule has 1 aliphatic rings. The van der Waals surface area contributed by atoms with E-state index in [1.807, 2.05) is 13.8 Å². The van der Waals surface area contributed by atoms with E-state index < -0.39 is 17.4 Å². The molecule has 0 atom stereocenters. The lowest BCUT2D eigenvalue weighted by Gasteiger charge is -2.37. The van der Waals surface area contributed by atoms with Crippen molar-refractivity contribution >= 4 is 11.9 Å². The van der Waals surface area contributed by atoms with E-state index in [2.05, 4.69) is 5.32 Å². The third-order valence-electron chi connectivity index (χ3n) is 3.53. The maximum Gasteiger partial charge on any atom is 0.329 e. The summed E-state index contributed by atoms with van der Waals surface area (Å²) in [5.74, 6) is -0.462. The standard InChI is InChI=1S/C13H17NO4/c1-3-9-8(2)7-10(18-9)11(15)14-13(12(16)17)5-4-6-13/h7H,3-6H2,1-2H3,(H,14,15)(H,16,17). The Balaban J connectivity index is 2.14. The van der Waals surface area contributed by atoms with Crippen molar-refractivity contribution in [2.75, 3.05) is 0 Å². The third-order valence-corrected chi connectivity index (χ3v) is 3.53. The molecule has 0 radical (unpaired) electrons. The molecule has 1 saturated carbocycles. The van der Waals surface area contributed by atoms with Gasteiger partial charge in [0.1, 0.15) is 11.3 Å². The molecule has 2 N–H and O–H groups in total. The summed E-state index contributed by atoms with van der Waals surface area (Å²) in [4.78, 5) is 23.1. The average molecular weight is 251 g/mol. The van der Waals surface area contributed by atoms with E-state index in [9.17, 15) is 9.59 Å². The molecule has 1 aliphatic carbocycles. The first kappa shape index (κ1) is 12.7. The zero-order valence-corrected chi connectivity index (χ0v) is 10.6. The Kier molecular flexibility index (Phi) is 3.15. The molecule has 1 aromatic rings. The number of hydrogen-bond donors (Lipinski definition) is 2. The first-order valence-corrected chi connectivity index (χ1v) is 6.14. The number of rotatable bonds is 4. The van der Waals surface area contributed by atoms with Crippen LogP contribution < -0.4 is 5.32 Å². The van der Waals surface area contributed by atoms with Crippen molar-refractivity contribution < 1.29 is 19.1 Å². The molecule has 0 aromatic carbocycles. The summed E-state index contributed by atoms with van der Waals surface area (Å²) in [6.45, 7) is 3.81. The lowest BCUT2D eigenvalue weighted by Crippen LogP contribution is -2.59. The Morgan fingerprint density at radius 2 is 2.17 bits per heavy atom. The third kappa shape index (κ3) is 2.00. The minimum atomic E-state index is -1.09. The molecular formula is C13H17NO4. The summed E-state index contributed by atoms with van der Waals surface area (Å²) in [6.07, 6.45) is 2.50. The first-order valence-electron chi connectivity index (χ1n) is 6.14. The van der Waals surface area contributed by atoms with Gasteiger partial charge in [-0.3, -0.25) is 4.79 Å². The van der Waals surface area contributed by atoms with Crippen LogP contribution in [0.15, 0.2) is 10.5 Å². The van der Waals surface area contributed by atoms with E-state index in [0.717, 1.165) is 17.7 Å². The molecule has 0 aliphatic heterocycles. The minimum Gasteiger partial charge on any atom is -0.480 e. The van der Waals surface area contributed by atoms with Crippen molar-refractivity contribution in [2.24, 2.45) is 0 Å². The van der Waals surface area contributed by atoms with Gasteiger partial charge in [0, 0.05) is 6.42 Å². The molecule has 5 heteroatoms. The lowest BCUT2D eigenvalue weighted by molar-refractivity contribution is -0.148. The second-order valence-corrected chi connectivity index (χ2v) is 4.77. The fourth-order valence-corrected chi connectivity index (χ4v) is 2.18. The molecule has 1 amide bonds. The number of carbonyl (C=O) groups excluding carboxylic acids is 1. The summed E-state index contributed by atoms with van der Waals surface area (Å²) in [5, 5.41) is 11.7. The number of carboxylic acid groups (broad SMARTS) is 1. The number of hydrogen-bond acceptors (Lipinski definition) is 3. The van der Waals surface area contributed by atoms with Gasteiger partial charge in [0.05, 0.1) is 0 Å². The maximum atomic E-state index is 12.0. The summed E-state index contributed by atoms with van der Waals surface area (Å²) in [6, 6.07) is 1.66. The Bertz CT molecular complexity index is 485. The number of amides is 1. The van der Waals surface area contributed by atoms with Crippen LogP contribution in [0.5, 0.6) is 0 Å². The zero-order valence-electron chi connectivity index (χ0n) is 10.6. The van der Waals surface area contributed by atoms with E-state index in [1.165, 1.54) is 0 Å². The van der Waals surface area contributed by atoms with Crippen molar-refractivity contribution in [3.05, 3.63) is 23.2 Å². The quantitative estimate of drug-likeness (QED) is 0.856. The van der Waals surface area contributed by atoms with Gasteiger partial charge in [-0.2, -0.15) is 0 Å². The highest BCUT2D eigenvalue weighted by atomic mass is 16.4. The fourth-order valence-electron chi connectivity index (χ4n) is 2.18. The van der Waals surface area contributed by atoms with Gasteiger partial charge in [0.2, 0.25) is 0 Å². The van der Waals surface area contributed by atoms with Gasteiger partial charge in [-0.15, -0.1) is 0 Å². The van der Waals surface area contributed by atoms with Crippen LogP contribution in [0.3, 0.4) is 0 Å². The molecule has 18 heavy (non-hydrogen) atoms. The van der Waals surface area contributed by atoms with Gasteiger partial charge in [-0.25, -0.2) is 4.79 Å². The Hall–Kier alpha value is -1.78. The second kappa shape index (κ2) is 4.48. The molecule has 98 valence electrons. The van der Waals surface area contributed by atoms with Crippen LogP contribution in [-0.4, -0.2) is 22.5 Å². The molecule has 1 heterocycles. The normalized spacial score (nSPS) is 17.0. The van der Waals surface area contributed by atoms with E-state index in [-0.39, 0.29) is 5.76 Å². The van der Waals surface area contributed by atoms with Gasteiger partial charge in [0.25, 0.3) is 5.91 Å². The molecule has 1 fully saturated rings. The number of aliphatic carboxylic acids is 1. The van der Waals surface area contributed by atoms with Crippen LogP contribution >= 0.6 is 0 Å². The largest absolute Gasteiger partial charge is 0.480 e. The van der Waals surface area contributed by atoms with E-state index in [0.29, 0.717) is 19.3 Å². The number of aryl methyl sites for hydroxylation is 2. The van der Waals surface area contributed by atoms with Gasteiger partial charge >= 0.3 is 5.97 Å². The van der Waals surface area contributed by atoms with Crippen molar-refractivity contribution in [3.8, 4) is 0 Å². The van der Waals surface area contributed by atoms with Crippen molar-refractivity contribution in [3.63, 3.8) is 0 Å². The van der Waals surface area contributed by atoms with Gasteiger partial charge < -0.3 is 14.8 Å². The average Bonchev–Trinajstić information content (AvgIpc) is 2.64. The van der Waals surface area contributed by atoms with Crippen molar-refractivity contribution in [1.82, 2.24) is 5.32 Å². The zero-order chi connectivity index (χ0) is 13.3. The second-order valence-electron chi connectivity index (χ2n) is 4.77. The highest BCUT2D eigenvalue weighted by Crippen LogP contribution is 2.32. The summed E-state index contributed by atoms with van der Waals surface area (Å²) >= 11 is 0. The van der Waals surface area contributed by atoms with Crippen LogP contribution in [0.25, 0.3) is 0 Å². The summed E-state index contributed by atoms with van der Waals surface area (Å²) in [5.41, 5.74) is -0.176. The fraction of sp³-hybridized carbons (Fsp3) is 0.538. The maximum absolute atomic E-state index is 12.0. The summed E-state index contributed by atoms with van der Waals surface area (Å²) < 4.78 is 5.41. The predicted molar refractivity (Wildman–Crippen MR) is 64.5 cm³/mol. The Labute approximate surface area is 105 Å². The van der Waals surface area contributed by atoms with Crippen LogP contribution in [-0.2, 0) is 11.2 Å². The van der Waals surface area contributed by atoms with Crippen LogP contribution in [0, 0.1) is 6.92 Å². The smallest absolute Gasteiger partial charge is 0.329 e. The molecule has 5 nitrogen and oxygen atoms in total. The van der Waals surface area contributed by atoms with Crippen molar-refractivity contribution in [2.45, 2.75) is 45.1 Å². The van der Waals surface area contributed by atoms with Gasteiger partial charge in [0.15, 0.2) is 5.76 Å². The van der Waals surface area contributed by atoms with Gasteiger partial charge in [-0.1, -0.05) is 6.92 Å². The molecule has 1 aromatic heterocycles. The molecule has 0 unspecified atom stereocenters. The highest BCUT2D eigenvalue weighted by Gasteiger charge is 2.46. The first-order chi connectivity index (χ1) is 8.48. The highest BCUT2D eigenvalue weighted by molar-refractivity contribution is 5.96. The summed E-state index contributed by atoms with van der Waals surface area (Å²) in [7, 11) is 0. The van der Waals surface area contributed by atoms with Crippen molar-refractivity contribution in [1.29, 1.82) is 0 Å². The lowest BCUT2D eigenvalue weighted by atomic mass is 9.76. The topological polar surface area (TPSA) is 79.5 Å².